The average Bonchev–Trinajstić information content (AvgIpc) is 2.74. The molecular formula is C20H16FN5O. The van der Waals surface area contributed by atoms with Crippen molar-refractivity contribution in [2.45, 2.75) is 0 Å². The maximum absolute atomic E-state index is 15.5. The fourth-order valence-electron chi connectivity index (χ4n) is 2.96. The number of halogens is 1. The van der Waals surface area contributed by atoms with Crippen molar-refractivity contribution in [1.82, 2.24) is 19.9 Å². The largest absolute Gasteiger partial charge is 0.496 e. The number of nitrogens with one attached hydrogen (secondary N) is 1. The number of aromatic nitrogens is 4. The molecule has 0 spiro atoms. The number of fused-ring (bicyclic) bond motifs is 1. The molecule has 2 aromatic heterocycles. The Kier molecular flexibility index (Phi) is 4.33. The molecule has 0 saturated carbocycles. The van der Waals surface area contributed by atoms with Crippen molar-refractivity contribution < 1.29 is 9.13 Å². The molecule has 27 heavy (non-hydrogen) atoms. The van der Waals surface area contributed by atoms with Crippen molar-refractivity contribution in [3.8, 4) is 28.4 Å². The first kappa shape index (κ1) is 16.8. The van der Waals surface area contributed by atoms with Crippen LogP contribution in [0.4, 0.5) is 10.2 Å². The van der Waals surface area contributed by atoms with Crippen molar-refractivity contribution in [3.05, 3.63) is 60.8 Å². The molecule has 0 aliphatic carbocycles. The maximum Gasteiger partial charge on any atom is 0.182 e. The summed E-state index contributed by atoms with van der Waals surface area (Å²) in [7, 11) is 3.29. The van der Waals surface area contributed by atoms with Crippen molar-refractivity contribution in [3.63, 3.8) is 0 Å². The summed E-state index contributed by atoms with van der Waals surface area (Å²) in [6.45, 7) is 0. The number of rotatable bonds is 4. The minimum Gasteiger partial charge on any atom is -0.496 e. The van der Waals surface area contributed by atoms with E-state index in [1.807, 2.05) is 18.2 Å². The molecule has 2 aromatic carbocycles. The molecule has 0 saturated heterocycles. The second-order valence-corrected chi connectivity index (χ2v) is 5.76. The highest BCUT2D eigenvalue weighted by molar-refractivity contribution is 5.94. The molecule has 7 heteroatoms. The molecule has 0 atom stereocenters. The summed E-state index contributed by atoms with van der Waals surface area (Å²) in [5.41, 5.74) is 1.74. The van der Waals surface area contributed by atoms with Gasteiger partial charge in [-0.15, -0.1) is 0 Å². The van der Waals surface area contributed by atoms with Gasteiger partial charge >= 0.3 is 0 Å². The number of hydrogen-bond acceptors (Lipinski definition) is 6. The van der Waals surface area contributed by atoms with E-state index in [0.717, 1.165) is 0 Å². The van der Waals surface area contributed by atoms with Gasteiger partial charge < -0.3 is 10.1 Å². The summed E-state index contributed by atoms with van der Waals surface area (Å²) >= 11 is 0. The third-order valence-electron chi connectivity index (χ3n) is 4.23. The first-order valence-corrected chi connectivity index (χ1v) is 8.30. The van der Waals surface area contributed by atoms with Crippen LogP contribution in [0.2, 0.25) is 0 Å². The number of ether oxygens (including phenoxy) is 1. The molecule has 2 heterocycles. The summed E-state index contributed by atoms with van der Waals surface area (Å²) in [5, 5.41) is 3.58. The van der Waals surface area contributed by atoms with E-state index in [1.54, 1.807) is 50.9 Å². The van der Waals surface area contributed by atoms with Crippen LogP contribution >= 0.6 is 0 Å². The highest BCUT2D eigenvalue weighted by Gasteiger charge is 2.18. The number of hydrogen-bond donors (Lipinski definition) is 1. The van der Waals surface area contributed by atoms with E-state index < -0.39 is 5.82 Å². The molecule has 0 aliphatic heterocycles. The van der Waals surface area contributed by atoms with Crippen LogP contribution in [0.25, 0.3) is 33.5 Å². The lowest BCUT2D eigenvalue weighted by molar-refractivity contribution is 0.416. The van der Waals surface area contributed by atoms with Gasteiger partial charge in [0.2, 0.25) is 0 Å². The van der Waals surface area contributed by atoms with E-state index in [2.05, 4.69) is 25.3 Å². The molecule has 0 bridgehead atoms. The van der Waals surface area contributed by atoms with Gasteiger partial charge in [0.05, 0.1) is 13.3 Å². The van der Waals surface area contributed by atoms with Crippen molar-refractivity contribution >= 4 is 16.7 Å². The minimum absolute atomic E-state index is 0.207. The lowest BCUT2D eigenvalue weighted by atomic mass is 10.0. The number of benzene rings is 2. The number of nitrogens with zero attached hydrogens (tertiary/aromatic N) is 4. The first-order chi connectivity index (χ1) is 13.2. The number of para-hydroxylation sites is 1. The minimum atomic E-state index is -0.443. The summed E-state index contributed by atoms with van der Waals surface area (Å²) in [6, 6.07) is 10.8. The van der Waals surface area contributed by atoms with Gasteiger partial charge in [-0.25, -0.2) is 19.3 Å². The lowest BCUT2D eigenvalue weighted by Crippen LogP contribution is -2.02. The standard InChI is InChI=1S/C20H16FN5O/c1-22-19-14-8-7-13(12-5-3-4-6-16(12)27-2)17(21)18(14)25-20(26-19)15-11-23-9-10-24-15/h3-11H,1-2H3,(H,22,25,26). The number of anilines is 1. The van der Waals surface area contributed by atoms with Gasteiger partial charge in [-0.1, -0.05) is 24.3 Å². The van der Waals surface area contributed by atoms with Crippen LogP contribution in [0.15, 0.2) is 55.0 Å². The van der Waals surface area contributed by atoms with Crippen LogP contribution < -0.4 is 10.1 Å². The van der Waals surface area contributed by atoms with Crippen LogP contribution in [0.1, 0.15) is 0 Å². The second-order valence-electron chi connectivity index (χ2n) is 5.76. The first-order valence-electron chi connectivity index (χ1n) is 8.30. The Morgan fingerprint density at radius 2 is 1.85 bits per heavy atom. The van der Waals surface area contributed by atoms with Crippen molar-refractivity contribution in [2.75, 3.05) is 19.5 Å². The van der Waals surface area contributed by atoms with Gasteiger partial charge in [-0.05, 0) is 12.1 Å². The molecule has 0 fully saturated rings. The van der Waals surface area contributed by atoms with Gasteiger partial charge in [0, 0.05) is 36.0 Å². The zero-order chi connectivity index (χ0) is 18.8. The van der Waals surface area contributed by atoms with Gasteiger partial charge in [0.15, 0.2) is 11.6 Å². The molecule has 134 valence electrons. The Bertz CT molecular complexity index is 1120. The fraction of sp³-hybridized carbons (Fsp3) is 0.100. The molecule has 0 radical (unpaired) electrons. The maximum atomic E-state index is 15.5. The predicted octanol–water partition coefficient (Wildman–Crippen LogP) is 3.94. The van der Waals surface area contributed by atoms with E-state index >= 15 is 4.39 Å². The second kappa shape index (κ2) is 6.95. The lowest BCUT2D eigenvalue weighted by Gasteiger charge is -2.13. The normalized spacial score (nSPS) is 10.8. The molecule has 1 N–H and O–H groups in total. The Morgan fingerprint density at radius 3 is 2.59 bits per heavy atom. The molecule has 0 aliphatic rings. The molecule has 6 nitrogen and oxygen atoms in total. The van der Waals surface area contributed by atoms with Gasteiger partial charge in [-0.2, -0.15) is 0 Å². The fourth-order valence-corrected chi connectivity index (χ4v) is 2.96. The molecule has 4 aromatic rings. The SMILES string of the molecule is CNc1nc(-c2cnccn2)nc2c(F)c(-c3ccccc3OC)ccc12. The Balaban J connectivity index is 1.99. The van der Waals surface area contributed by atoms with Crippen LogP contribution in [-0.2, 0) is 0 Å². The van der Waals surface area contributed by atoms with Crippen molar-refractivity contribution in [1.29, 1.82) is 0 Å². The average molecular weight is 361 g/mol. The highest BCUT2D eigenvalue weighted by Crippen LogP contribution is 2.36. The van der Waals surface area contributed by atoms with Gasteiger partial charge in [0.1, 0.15) is 22.8 Å². The molecular weight excluding hydrogens is 345 g/mol. The van der Waals surface area contributed by atoms with E-state index in [0.29, 0.717) is 39.6 Å². The summed E-state index contributed by atoms with van der Waals surface area (Å²) in [5.74, 6) is 0.969. The Morgan fingerprint density at radius 1 is 1.00 bits per heavy atom. The van der Waals surface area contributed by atoms with E-state index in [4.69, 9.17) is 4.74 Å². The highest BCUT2D eigenvalue weighted by atomic mass is 19.1. The number of methoxy groups -OCH3 is 1. The van der Waals surface area contributed by atoms with E-state index in [9.17, 15) is 0 Å². The zero-order valence-corrected chi connectivity index (χ0v) is 14.8. The van der Waals surface area contributed by atoms with Crippen LogP contribution in [-0.4, -0.2) is 34.1 Å². The smallest absolute Gasteiger partial charge is 0.182 e. The Hall–Kier alpha value is -3.61. The van der Waals surface area contributed by atoms with Crippen LogP contribution in [0.5, 0.6) is 5.75 Å². The third-order valence-corrected chi connectivity index (χ3v) is 4.23. The summed E-state index contributed by atoms with van der Waals surface area (Å²) < 4.78 is 20.8. The summed E-state index contributed by atoms with van der Waals surface area (Å²) in [4.78, 5) is 17.1. The molecule has 0 amide bonds. The molecule has 0 unspecified atom stereocenters. The quantitative estimate of drug-likeness (QED) is 0.593. The van der Waals surface area contributed by atoms with E-state index in [1.165, 1.54) is 0 Å². The van der Waals surface area contributed by atoms with Crippen molar-refractivity contribution in [2.24, 2.45) is 0 Å². The topological polar surface area (TPSA) is 72.8 Å². The van der Waals surface area contributed by atoms with Gasteiger partial charge in [-0.3, -0.25) is 4.98 Å². The Labute approximate surface area is 155 Å². The molecule has 4 rings (SSSR count). The monoisotopic (exact) mass is 361 g/mol. The van der Waals surface area contributed by atoms with Gasteiger partial charge in [0.25, 0.3) is 0 Å². The zero-order valence-electron chi connectivity index (χ0n) is 14.8. The third kappa shape index (κ3) is 2.93. The van der Waals surface area contributed by atoms with E-state index in [-0.39, 0.29) is 5.52 Å². The summed E-state index contributed by atoms with van der Waals surface area (Å²) in [6.07, 6.45) is 4.65. The van der Waals surface area contributed by atoms with Crippen LogP contribution in [0, 0.1) is 5.82 Å². The predicted molar refractivity (Wildman–Crippen MR) is 102 cm³/mol. The van der Waals surface area contributed by atoms with Crippen LogP contribution in [0.3, 0.4) is 0 Å².